The summed E-state index contributed by atoms with van der Waals surface area (Å²) in [4.78, 5) is 8.46. The Bertz CT molecular complexity index is 1500. The predicted molar refractivity (Wildman–Crippen MR) is 164 cm³/mol. The van der Waals surface area contributed by atoms with E-state index in [4.69, 9.17) is 4.98 Å². The highest BCUT2D eigenvalue weighted by Gasteiger charge is 2.17. The van der Waals surface area contributed by atoms with Crippen molar-refractivity contribution in [1.82, 2.24) is 15.3 Å². The molecular weight excluding hydrogens is 462 g/mol. The molecule has 2 heterocycles. The van der Waals surface area contributed by atoms with Gasteiger partial charge in [-0.1, -0.05) is 62.9 Å². The van der Waals surface area contributed by atoms with Crippen LogP contribution in [0.2, 0.25) is 0 Å². The number of aromatic amines is 1. The quantitative estimate of drug-likeness (QED) is 0.177. The zero-order valence-corrected chi connectivity index (χ0v) is 23.0. The number of H-pyrrole nitrogens is 1. The summed E-state index contributed by atoms with van der Waals surface area (Å²) in [5, 5.41) is 4.73. The van der Waals surface area contributed by atoms with Gasteiger partial charge in [0.15, 0.2) is 0 Å². The number of benzene rings is 2. The predicted octanol–water partition coefficient (Wildman–Crippen LogP) is 9.11. The summed E-state index contributed by atoms with van der Waals surface area (Å²) in [7, 11) is 0. The lowest BCUT2D eigenvalue weighted by Gasteiger charge is -2.14. The molecule has 1 aliphatic rings. The first-order chi connectivity index (χ1) is 18.6. The maximum Gasteiger partial charge on any atom is 0.0705 e. The maximum absolute atomic E-state index is 4.76. The van der Waals surface area contributed by atoms with Crippen LogP contribution < -0.4 is 5.32 Å². The van der Waals surface area contributed by atoms with Crippen LogP contribution in [0.1, 0.15) is 74.2 Å². The molecule has 0 radical (unpaired) electrons. The second-order valence-corrected chi connectivity index (χ2v) is 10.3. The van der Waals surface area contributed by atoms with Gasteiger partial charge >= 0.3 is 0 Å². The van der Waals surface area contributed by atoms with E-state index in [1.807, 2.05) is 25.1 Å². The molecule has 0 saturated carbocycles. The molecule has 3 heteroatoms. The van der Waals surface area contributed by atoms with Gasteiger partial charge in [-0.2, -0.15) is 0 Å². The highest BCUT2D eigenvalue weighted by molar-refractivity contribution is 6.06. The summed E-state index contributed by atoms with van der Waals surface area (Å²) in [6.07, 6.45) is 11.5. The lowest BCUT2D eigenvalue weighted by Crippen LogP contribution is -2.07. The van der Waals surface area contributed by atoms with Gasteiger partial charge in [0, 0.05) is 51.7 Å². The summed E-state index contributed by atoms with van der Waals surface area (Å²) in [6.45, 7) is 11.8. The number of nitrogens with zero attached hydrogens (tertiary/aromatic N) is 1. The van der Waals surface area contributed by atoms with E-state index in [-0.39, 0.29) is 0 Å². The number of allylic oxidation sites excluding steroid dienone is 4. The second-order valence-electron chi connectivity index (χ2n) is 10.3. The number of hydrogen-bond acceptors (Lipinski definition) is 2. The zero-order chi connectivity index (χ0) is 26.5. The molecular formula is C35H39N3. The summed E-state index contributed by atoms with van der Waals surface area (Å²) in [6, 6.07) is 22.0. The molecule has 2 aromatic carbocycles. The van der Waals surface area contributed by atoms with Gasteiger partial charge in [0.1, 0.15) is 0 Å². The minimum atomic E-state index is 0.908. The first-order valence-electron chi connectivity index (χ1n) is 14.1. The van der Waals surface area contributed by atoms with Crippen molar-refractivity contribution >= 4 is 27.6 Å². The van der Waals surface area contributed by atoms with Gasteiger partial charge in [-0.3, -0.25) is 4.98 Å². The number of aryl methyl sites for hydroxylation is 2. The van der Waals surface area contributed by atoms with Crippen LogP contribution in [0.25, 0.3) is 38.7 Å². The molecule has 0 bridgehead atoms. The van der Waals surface area contributed by atoms with Gasteiger partial charge in [-0.25, -0.2) is 0 Å². The summed E-state index contributed by atoms with van der Waals surface area (Å²) < 4.78 is 0. The fourth-order valence-electron chi connectivity index (χ4n) is 5.47. The largest absolute Gasteiger partial charge is 0.390 e. The topological polar surface area (TPSA) is 40.7 Å². The minimum absolute atomic E-state index is 0.908. The van der Waals surface area contributed by atoms with E-state index in [2.05, 4.69) is 85.5 Å². The third-order valence-corrected chi connectivity index (χ3v) is 7.54. The van der Waals surface area contributed by atoms with Gasteiger partial charge in [0.05, 0.1) is 5.69 Å². The molecule has 4 aromatic rings. The first-order valence-corrected chi connectivity index (χ1v) is 14.1. The van der Waals surface area contributed by atoms with Gasteiger partial charge < -0.3 is 10.3 Å². The van der Waals surface area contributed by atoms with Crippen molar-refractivity contribution in [1.29, 1.82) is 0 Å². The molecule has 0 aliphatic heterocycles. The molecule has 38 heavy (non-hydrogen) atoms. The van der Waals surface area contributed by atoms with Crippen molar-refractivity contribution in [2.75, 3.05) is 6.54 Å². The van der Waals surface area contributed by atoms with Crippen LogP contribution in [0.15, 0.2) is 79.5 Å². The molecule has 0 fully saturated rings. The SMILES string of the molecule is C=C(/C(=C\NCCC)c1ccc2[nH]c(CC)c(-c3ccc(C4=CCCCC4)cc3)c2c1)c1cccc(C)n1. The third kappa shape index (κ3) is 5.38. The molecule has 2 aromatic heterocycles. The van der Waals surface area contributed by atoms with Crippen LogP contribution in [0, 0.1) is 6.92 Å². The third-order valence-electron chi connectivity index (χ3n) is 7.54. The Morgan fingerprint density at radius 2 is 1.84 bits per heavy atom. The number of aromatic nitrogens is 2. The molecule has 2 N–H and O–H groups in total. The van der Waals surface area contributed by atoms with E-state index < -0.39 is 0 Å². The monoisotopic (exact) mass is 501 g/mol. The average molecular weight is 502 g/mol. The Morgan fingerprint density at radius 1 is 1.03 bits per heavy atom. The molecule has 0 unspecified atom stereocenters. The molecule has 5 rings (SSSR count). The van der Waals surface area contributed by atoms with E-state index in [1.165, 1.54) is 64.5 Å². The first kappa shape index (κ1) is 25.8. The lowest BCUT2D eigenvalue weighted by molar-refractivity contribution is 0.742. The minimum Gasteiger partial charge on any atom is -0.390 e. The summed E-state index contributed by atoms with van der Waals surface area (Å²) in [5.41, 5.74) is 12.9. The Kier molecular flexibility index (Phi) is 7.93. The van der Waals surface area contributed by atoms with Crippen molar-refractivity contribution < 1.29 is 0 Å². The number of pyridine rings is 1. The second kappa shape index (κ2) is 11.7. The Hall–Kier alpha value is -3.85. The van der Waals surface area contributed by atoms with E-state index in [0.717, 1.165) is 47.5 Å². The standard InChI is InChI=1S/C35H39N3/c1-5-21-36-23-31(25(4)33-14-10-11-24(3)37-33)29-19-20-34-30(22-29)35(32(6-2)38-34)28-17-15-27(16-18-28)26-12-8-7-9-13-26/h10-12,14-20,22-23,36,38H,4-9,13,21H2,1-3H3/b31-23+. The van der Waals surface area contributed by atoms with Crippen molar-refractivity contribution in [3.8, 4) is 11.1 Å². The van der Waals surface area contributed by atoms with E-state index in [1.54, 1.807) is 0 Å². The van der Waals surface area contributed by atoms with E-state index in [9.17, 15) is 0 Å². The number of rotatable bonds is 9. The van der Waals surface area contributed by atoms with Crippen LogP contribution in [0.4, 0.5) is 0 Å². The highest BCUT2D eigenvalue weighted by atomic mass is 14.8. The van der Waals surface area contributed by atoms with Crippen molar-refractivity contribution in [3.05, 3.63) is 108 Å². The number of hydrogen-bond donors (Lipinski definition) is 2. The molecule has 0 saturated heterocycles. The van der Waals surface area contributed by atoms with Crippen LogP contribution in [-0.2, 0) is 6.42 Å². The lowest BCUT2D eigenvalue weighted by atomic mass is 9.91. The zero-order valence-electron chi connectivity index (χ0n) is 23.0. The van der Waals surface area contributed by atoms with Crippen molar-refractivity contribution in [3.63, 3.8) is 0 Å². The normalized spacial score (nSPS) is 14.0. The Morgan fingerprint density at radius 3 is 2.55 bits per heavy atom. The molecule has 194 valence electrons. The Labute approximate surface area is 227 Å². The Balaban J connectivity index is 1.58. The van der Waals surface area contributed by atoms with Gasteiger partial charge in [0.25, 0.3) is 0 Å². The highest BCUT2D eigenvalue weighted by Crippen LogP contribution is 2.37. The van der Waals surface area contributed by atoms with E-state index in [0.29, 0.717) is 0 Å². The molecule has 3 nitrogen and oxygen atoms in total. The van der Waals surface area contributed by atoms with Crippen LogP contribution in [0.5, 0.6) is 0 Å². The smallest absolute Gasteiger partial charge is 0.0705 e. The van der Waals surface area contributed by atoms with Gasteiger partial charge in [0.2, 0.25) is 0 Å². The molecule has 0 spiro atoms. The molecule has 1 aliphatic carbocycles. The number of nitrogens with one attached hydrogen (secondary N) is 2. The van der Waals surface area contributed by atoms with Crippen molar-refractivity contribution in [2.24, 2.45) is 0 Å². The van der Waals surface area contributed by atoms with Crippen LogP contribution >= 0.6 is 0 Å². The van der Waals surface area contributed by atoms with Gasteiger partial charge in [-0.05, 0) is 92.0 Å². The van der Waals surface area contributed by atoms with Crippen LogP contribution in [-0.4, -0.2) is 16.5 Å². The fourth-order valence-corrected chi connectivity index (χ4v) is 5.47. The van der Waals surface area contributed by atoms with Crippen LogP contribution in [0.3, 0.4) is 0 Å². The molecule has 0 atom stereocenters. The van der Waals surface area contributed by atoms with Gasteiger partial charge in [-0.15, -0.1) is 0 Å². The van der Waals surface area contributed by atoms with Crippen molar-refractivity contribution in [2.45, 2.75) is 59.3 Å². The van der Waals surface area contributed by atoms with E-state index >= 15 is 0 Å². The fraction of sp³-hybridized carbons (Fsp3) is 0.286. The molecule has 0 amide bonds. The summed E-state index contributed by atoms with van der Waals surface area (Å²) >= 11 is 0. The number of fused-ring (bicyclic) bond motifs is 1. The maximum atomic E-state index is 4.76. The average Bonchev–Trinajstić information content (AvgIpc) is 3.33. The summed E-state index contributed by atoms with van der Waals surface area (Å²) in [5.74, 6) is 0.